The summed E-state index contributed by atoms with van der Waals surface area (Å²) in [5.74, 6) is 0.990. The standard InChI is InChI=1S/C36H52N2O/c1-6-13-35(29(3)4)28-37-22-12-17-31(20-24-37)16-11-18-36(39)33(7-2)26-34-21-25-38(23-19-30(34)5)27-32-14-9-8-10-15-32/h6-10,13-15,26,31H,2,11-12,16-25,27-28H2,1,3-5H3/b13-6-,33-26+. The zero-order chi connectivity index (χ0) is 28.0. The highest BCUT2D eigenvalue weighted by atomic mass is 16.1. The van der Waals surface area contributed by atoms with Gasteiger partial charge in [0.25, 0.3) is 0 Å². The number of benzene rings is 1. The summed E-state index contributed by atoms with van der Waals surface area (Å²) in [5, 5.41) is 0. The zero-order valence-corrected chi connectivity index (χ0v) is 25.2. The van der Waals surface area contributed by atoms with Gasteiger partial charge in [-0.2, -0.15) is 0 Å². The Kier molecular flexibility index (Phi) is 13.2. The number of rotatable bonds is 12. The summed E-state index contributed by atoms with van der Waals surface area (Å²) in [6.07, 6.45) is 17.0. The van der Waals surface area contributed by atoms with E-state index in [4.69, 9.17) is 0 Å². The van der Waals surface area contributed by atoms with Crippen LogP contribution < -0.4 is 0 Å². The summed E-state index contributed by atoms with van der Waals surface area (Å²) in [7, 11) is 0. The SMILES string of the molecule is C=C/C(=C\C1=C(C)CCN(Cc2ccccc2)CC1)C(=O)CCCC1CCCN(CC(/C=C\C)=C(C)C)CC1. The molecule has 0 spiro atoms. The number of likely N-dealkylation sites (tertiary alicyclic amines) is 1. The average molecular weight is 529 g/mol. The third-order valence-corrected chi connectivity index (χ3v) is 8.53. The Morgan fingerprint density at radius 3 is 2.51 bits per heavy atom. The number of carbonyl (C=O) groups excluding carboxylic acids is 1. The maximum absolute atomic E-state index is 13.2. The number of hydrogen-bond donors (Lipinski definition) is 0. The number of hydrogen-bond acceptors (Lipinski definition) is 3. The van der Waals surface area contributed by atoms with Crippen molar-refractivity contribution in [1.29, 1.82) is 0 Å². The van der Waals surface area contributed by atoms with E-state index in [1.807, 2.05) is 0 Å². The van der Waals surface area contributed by atoms with Gasteiger partial charge < -0.3 is 0 Å². The third-order valence-electron chi connectivity index (χ3n) is 8.53. The highest BCUT2D eigenvalue weighted by molar-refractivity contribution is 5.98. The lowest BCUT2D eigenvalue weighted by Crippen LogP contribution is -2.27. The van der Waals surface area contributed by atoms with Gasteiger partial charge in [0.05, 0.1) is 0 Å². The Balaban J connectivity index is 1.47. The van der Waals surface area contributed by atoms with Crippen LogP contribution in [0.3, 0.4) is 0 Å². The molecule has 0 N–H and O–H groups in total. The second kappa shape index (κ2) is 16.6. The van der Waals surface area contributed by atoms with Crippen LogP contribution in [0.4, 0.5) is 0 Å². The first kappa shape index (κ1) is 31.0. The summed E-state index contributed by atoms with van der Waals surface area (Å²) >= 11 is 0. The number of Topliss-reactive ketones (excluding diaryl/α,β-unsaturated/α-hetero) is 1. The van der Waals surface area contributed by atoms with Crippen LogP contribution in [-0.4, -0.2) is 48.3 Å². The topological polar surface area (TPSA) is 23.6 Å². The summed E-state index contributed by atoms with van der Waals surface area (Å²) in [5.41, 5.74) is 7.76. The molecular formula is C36H52N2O. The minimum atomic E-state index is 0.255. The van der Waals surface area contributed by atoms with E-state index in [0.717, 1.165) is 63.4 Å². The van der Waals surface area contributed by atoms with Gasteiger partial charge in [0, 0.05) is 38.2 Å². The van der Waals surface area contributed by atoms with Crippen molar-refractivity contribution in [3.8, 4) is 0 Å². The second-order valence-corrected chi connectivity index (χ2v) is 11.8. The van der Waals surface area contributed by atoms with Crippen LogP contribution >= 0.6 is 0 Å². The molecule has 1 aromatic rings. The van der Waals surface area contributed by atoms with Gasteiger partial charge >= 0.3 is 0 Å². The number of carbonyl (C=O) groups is 1. The van der Waals surface area contributed by atoms with E-state index in [9.17, 15) is 4.79 Å². The molecule has 3 heteroatoms. The van der Waals surface area contributed by atoms with Gasteiger partial charge in [-0.25, -0.2) is 0 Å². The van der Waals surface area contributed by atoms with Crippen molar-refractivity contribution in [3.63, 3.8) is 0 Å². The first-order valence-electron chi connectivity index (χ1n) is 15.2. The van der Waals surface area contributed by atoms with Crippen molar-refractivity contribution < 1.29 is 4.79 Å². The predicted octanol–water partition coefficient (Wildman–Crippen LogP) is 8.47. The largest absolute Gasteiger partial charge is 0.299 e. The number of ketones is 1. The molecule has 2 aliphatic heterocycles. The van der Waals surface area contributed by atoms with Crippen LogP contribution in [0.2, 0.25) is 0 Å². The molecule has 1 unspecified atom stereocenters. The molecule has 0 amide bonds. The van der Waals surface area contributed by atoms with Crippen LogP contribution in [0.5, 0.6) is 0 Å². The van der Waals surface area contributed by atoms with E-state index in [0.29, 0.717) is 6.42 Å². The van der Waals surface area contributed by atoms with Gasteiger partial charge in [0.15, 0.2) is 5.78 Å². The quantitative estimate of drug-likeness (QED) is 0.201. The van der Waals surface area contributed by atoms with Crippen molar-refractivity contribution in [2.45, 2.75) is 85.6 Å². The van der Waals surface area contributed by atoms with Gasteiger partial charge in [-0.3, -0.25) is 14.6 Å². The fourth-order valence-electron chi connectivity index (χ4n) is 5.91. The highest BCUT2D eigenvalue weighted by Gasteiger charge is 2.19. The van der Waals surface area contributed by atoms with Gasteiger partial charge in [0.2, 0.25) is 0 Å². The normalized spacial score (nSPS) is 20.1. The average Bonchev–Trinajstić information content (AvgIpc) is 3.25. The van der Waals surface area contributed by atoms with Crippen LogP contribution in [0.1, 0.15) is 84.6 Å². The Hall–Kier alpha value is -2.49. The fraction of sp³-hybridized carbons (Fsp3) is 0.528. The first-order chi connectivity index (χ1) is 18.9. The van der Waals surface area contributed by atoms with Crippen molar-refractivity contribution >= 4 is 5.78 Å². The maximum atomic E-state index is 13.2. The molecule has 1 saturated heterocycles. The summed E-state index contributed by atoms with van der Waals surface area (Å²) in [6.45, 7) is 19.3. The molecule has 0 saturated carbocycles. The molecule has 1 atom stereocenters. The van der Waals surface area contributed by atoms with Crippen LogP contribution in [0.25, 0.3) is 0 Å². The van der Waals surface area contributed by atoms with E-state index >= 15 is 0 Å². The molecule has 212 valence electrons. The summed E-state index contributed by atoms with van der Waals surface area (Å²) in [6, 6.07) is 10.7. The van der Waals surface area contributed by atoms with E-state index in [2.05, 4.69) is 92.6 Å². The molecule has 1 aromatic carbocycles. The van der Waals surface area contributed by atoms with E-state index < -0.39 is 0 Å². The lowest BCUT2D eigenvalue weighted by molar-refractivity contribution is -0.115. The zero-order valence-electron chi connectivity index (χ0n) is 25.2. The molecule has 3 rings (SSSR count). The van der Waals surface area contributed by atoms with Gasteiger partial charge in [-0.1, -0.05) is 66.3 Å². The molecule has 3 nitrogen and oxygen atoms in total. The highest BCUT2D eigenvalue weighted by Crippen LogP contribution is 2.26. The van der Waals surface area contributed by atoms with Gasteiger partial charge in [-0.05, 0) is 114 Å². The van der Waals surface area contributed by atoms with Crippen LogP contribution in [0, 0.1) is 5.92 Å². The smallest absolute Gasteiger partial charge is 0.162 e. The fourth-order valence-corrected chi connectivity index (χ4v) is 5.91. The second-order valence-electron chi connectivity index (χ2n) is 11.8. The lowest BCUT2D eigenvalue weighted by atomic mass is 9.92. The number of nitrogens with zero attached hydrogens (tertiary/aromatic N) is 2. The monoisotopic (exact) mass is 528 g/mol. The van der Waals surface area contributed by atoms with Crippen LogP contribution in [0.15, 0.2) is 89.1 Å². The minimum Gasteiger partial charge on any atom is -0.299 e. The molecule has 0 aromatic heterocycles. The Labute approximate surface area is 239 Å². The Morgan fingerprint density at radius 1 is 1.03 bits per heavy atom. The van der Waals surface area contributed by atoms with Gasteiger partial charge in [-0.15, -0.1) is 0 Å². The number of allylic oxidation sites excluding steroid dienone is 5. The predicted molar refractivity (Wildman–Crippen MR) is 168 cm³/mol. The first-order valence-corrected chi connectivity index (χ1v) is 15.2. The van der Waals surface area contributed by atoms with E-state index in [1.54, 1.807) is 6.08 Å². The summed E-state index contributed by atoms with van der Waals surface area (Å²) in [4.78, 5) is 18.3. The van der Waals surface area contributed by atoms with Crippen molar-refractivity contribution in [2.75, 3.05) is 32.7 Å². The van der Waals surface area contributed by atoms with Crippen molar-refractivity contribution in [2.24, 2.45) is 5.92 Å². The molecule has 2 heterocycles. The third kappa shape index (κ3) is 10.5. The van der Waals surface area contributed by atoms with Crippen molar-refractivity contribution in [1.82, 2.24) is 9.80 Å². The van der Waals surface area contributed by atoms with Crippen LogP contribution in [-0.2, 0) is 11.3 Å². The molecule has 39 heavy (non-hydrogen) atoms. The molecule has 0 aliphatic carbocycles. The Bertz CT molecular complexity index is 1050. The summed E-state index contributed by atoms with van der Waals surface area (Å²) < 4.78 is 0. The van der Waals surface area contributed by atoms with E-state index in [1.165, 1.54) is 60.2 Å². The van der Waals surface area contributed by atoms with Crippen molar-refractivity contribution in [3.05, 3.63) is 94.6 Å². The molecular weight excluding hydrogens is 476 g/mol. The molecule has 1 fully saturated rings. The van der Waals surface area contributed by atoms with E-state index in [-0.39, 0.29) is 5.78 Å². The lowest BCUT2D eigenvalue weighted by Gasteiger charge is -2.21. The maximum Gasteiger partial charge on any atom is 0.162 e. The molecule has 2 aliphatic rings. The van der Waals surface area contributed by atoms with Gasteiger partial charge in [0.1, 0.15) is 0 Å². The molecule has 0 bridgehead atoms. The Morgan fingerprint density at radius 2 is 1.79 bits per heavy atom. The minimum absolute atomic E-state index is 0.255. The molecule has 0 radical (unpaired) electrons.